The lowest BCUT2D eigenvalue weighted by Crippen LogP contribution is -2.07. The van der Waals surface area contributed by atoms with Crippen LogP contribution in [0, 0.1) is 13.8 Å². The minimum Gasteiger partial charge on any atom is -0.462 e. The summed E-state index contributed by atoms with van der Waals surface area (Å²) >= 11 is 3.43. The molecule has 0 fully saturated rings. The Hall–Kier alpha value is -1.81. The molecule has 1 aromatic carbocycles. The van der Waals surface area contributed by atoms with Crippen LogP contribution in [0.2, 0.25) is 0 Å². The first-order valence-corrected chi connectivity index (χ1v) is 6.65. The van der Waals surface area contributed by atoms with Gasteiger partial charge in [-0.1, -0.05) is 22.0 Å². The van der Waals surface area contributed by atoms with Crippen LogP contribution in [0.4, 0.5) is 5.69 Å². The summed E-state index contributed by atoms with van der Waals surface area (Å²) < 4.78 is 6.31. The van der Waals surface area contributed by atoms with Crippen LogP contribution in [0.25, 0.3) is 6.08 Å². The van der Waals surface area contributed by atoms with E-state index in [4.69, 9.17) is 4.42 Å². The third-order valence-electron chi connectivity index (χ3n) is 2.60. The second-order valence-corrected chi connectivity index (χ2v) is 5.09. The third kappa shape index (κ3) is 3.83. The predicted molar refractivity (Wildman–Crippen MR) is 80.0 cm³/mol. The summed E-state index contributed by atoms with van der Waals surface area (Å²) in [6.45, 7) is 3.86. The molecule has 1 heterocycles. The van der Waals surface area contributed by atoms with Gasteiger partial charge in [-0.05, 0) is 49.8 Å². The molecule has 98 valence electrons. The molecule has 0 aliphatic rings. The van der Waals surface area contributed by atoms with Gasteiger partial charge in [-0.3, -0.25) is 4.79 Å². The lowest BCUT2D eigenvalue weighted by atomic mass is 10.2. The summed E-state index contributed by atoms with van der Waals surface area (Å²) in [4.78, 5) is 11.7. The number of anilines is 1. The Kier molecular flexibility index (Phi) is 4.22. The maximum absolute atomic E-state index is 11.7. The molecule has 0 radical (unpaired) electrons. The normalized spacial score (nSPS) is 10.9. The first kappa shape index (κ1) is 13.6. The average Bonchev–Trinajstić information content (AvgIpc) is 2.77. The molecule has 1 amide bonds. The van der Waals surface area contributed by atoms with Crippen molar-refractivity contribution in [1.29, 1.82) is 0 Å². The fourth-order valence-corrected chi connectivity index (χ4v) is 1.93. The van der Waals surface area contributed by atoms with E-state index < -0.39 is 0 Å². The summed E-state index contributed by atoms with van der Waals surface area (Å²) in [5, 5.41) is 2.79. The Balaban J connectivity index is 2.01. The van der Waals surface area contributed by atoms with Crippen molar-refractivity contribution in [2.24, 2.45) is 0 Å². The lowest BCUT2D eigenvalue weighted by molar-refractivity contribution is -0.111. The smallest absolute Gasteiger partial charge is 0.248 e. The van der Waals surface area contributed by atoms with Crippen molar-refractivity contribution in [3.8, 4) is 0 Å². The van der Waals surface area contributed by atoms with E-state index in [1.807, 2.05) is 44.2 Å². The molecule has 0 atom stereocenters. The van der Waals surface area contributed by atoms with Crippen LogP contribution in [0.5, 0.6) is 0 Å². The highest BCUT2D eigenvalue weighted by molar-refractivity contribution is 9.10. The molecule has 0 saturated carbocycles. The molecule has 0 aliphatic carbocycles. The number of carbonyl (C=O) groups excluding carboxylic acids is 1. The number of halogens is 1. The second-order valence-electron chi connectivity index (χ2n) is 4.23. The molecule has 2 aromatic rings. The maximum atomic E-state index is 11.7. The Bertz CT molecular complexity index is 629. The van der Waals surface area contributed by atoms with Crippen LogP contribution in [-0.4, -0.2) is 5.91 Å². The number of rotatable bonds is 3. The van der Waals surface area contributed by atoms with Gasteiger partial charge in [0, 0.05) is 16.2 Å². The third-order valence-corrected chi connectivity index (χ3v) is 3.45. The monoisotopic (exact) mass is 319 g/mol. The summed E-state index contributed by atoms with van der Waals surface area (Å²) in [5.41, 5.74) is 1.88. The van der Waals surface area contributed by atoms with Gasteiger partial charge in [0.15, 0.2) is 0 Å². The fourth-order valence-electron chi connectivity index (χ4n) is 1.56. The van der Waals surface area contributed by atoms with E-state index in [0.29, 0.717) is 5.76 Å². The lowest BCUT2D eigenvalue weighted by Gasteiger charge is -2.04. The van der Waals surface area contributed by atoms with Crippen molar-refractivity contribution < 1.29 is 9.21 Å². The summed E-state index contributed by atoms with van der Waals surface area (Å²) in [6.07, 6.45) is 3.09. The number of hydrogen-bond acceptors (Lipinski definition) is 2. The molecule has 0 aliphatic heterocycles. The van der Waals surface area contributed by atoms with Gasteiger partial charge in [0.25, 0.3) is 0 Å². The maximum Gasteiger partial charge on any atom is 0.248 e. The standard InChI is InChI=1S/C15H14BrNO2/c1-10-3-5-12(9-14(10)16)17-15(18)8-7-13-6-4-11(2)19-13/h3-9H,1-2H3,(H,17,18)/b8-7+. The Morgan fingerprint density at radius 3 is 2.68 bits per heavy atom. The summed E-state index contributed by atoms with van der Waals surface area (Å²) in [6, 6.07) is 9.36. The quantitative estimate of drug-likeness (QED) is 0.856. The SMILES string of the molecule is Cc1ccc(/C=C/C(=O)Nc2ccc(C)c(Br)c2)o1. The Labute approximate surface area is 120 Å². The average molecular weight is 320 g/mol. The summed E-state index contributed by atoms with van der Waals surface area (Å²) in [7, 11) is 0. The molecule has 0 bridgehead atoms. The molecule has 4 heteroatoms. The van der Waals surface area contributed by atoms with Crippen LogP contribution < -0.4 is 5.32 Å². The number of aryl methyl sites for hydroxylation is 2. The summed E-state index contributed by atoms with van der Waals surface area (Å²) in [5.74, 6) is 1.30. The van der Waals surface area contributed by atoms with Gasteiger partial charge in [-0.25, -0.2) is 0 Å². The highest BCUT2D eigenvalue weighted by atomic mass is 79.9. The van der Waals surface area contributed by atoms with Gasteiger partial charge in [-0.2, -0.15) is 0 Å². The molecule has 1 N–H and O–H groups in total. The topological polar surface area (TPSA) is 42.2 Å². The molecule has 0 unspecified atom stereocenters. The van der Waals surface area contributed by atoms with Gasteiger partial charge in [0.1, 0.15) is 11.5 Å². The van der Waals surface area contributed by atoms with Gasteiger partial charge in [0.05, 0.1) is 0 Å². The van der Waals surface area contributed by atoms with Crippen molar-refractivity contribution >= 4 is 33.6 Å². The fraction of sp³-hybridized carbons (Fsp3) is 0.133. The first-order valence-electron chi connectivity index (χ1n) is 5.86. The van der Waals surface area contributed by atoms with Crippen molar-refractivity contribution in [3.63, 3.8) is 0 Å². The number of benzene rings is 1. The predicted octanol–water partition coefficient (Wildman–Crippen LogP) is 4.31. The van der Waals surface area contributed by atoms with Crippen molar-refractivity contribution in [2.75, 3.05) is 5.32 Å². The van der Waals surface area contributed by atoms with E-state index in [1.54, 1.807) is 6.08 Å². The molecule has 3 nitrogen and oxygen atoms in total. The molecule has 2 rings (SSSR count). The van der Waals surface area contributed by atoms with E-state index in [1.165, 1.54) is 6.08 Å². The number of nitrogens with one attached hydrogen (secondary N) is 1. The van der Waals surface area contributed by atoms with Crippen molar-refractivity contribution in [1.82, 2.24) is 0 Å². The number of carbonyl (C=O) groups is 1. The van der Waals surface area contributed by atoms with E-state index in [0.717, 1.165) is 21.5 Å². The number of hydrogen-bond donors (Lipinski definition) is 1. The minimum atomic E-state index is -0.190. The largest absolute Gasteiger partial charge is 0.462 e. The van der Waals surface area contributed by atoms with E-state index in [-0.39, 0.29) is 5.91 Å². The van der Waals surface area contributed by atoms with Crippen molar-refractivity contribution in [2.45, 2.75) is 13.8 Å². The molecule has 1 aromatic heterocycles. The first-order chi connectivity index (χ1) is 9.04. The van der Waals surface area contributed by atoms with E-state index in [9.17, 15) is 4.79 Å². The zero-order chi connectivity index (χ0) is 13.8. The second kappa shape index (κ2) is 5.89. The zero-order valence-electron chi connectivity index (χ0n) is 10.7. The molecule has 0 saturated heterocycles. The van der Waals surface area contributed by atoms with Gasteiger partial charge >= 0.3 is 0 Å². The van der Waals surface area contributed by atoms with E-state index in [2.05, 4.69) is 21.2 Å². The van der Waals surface area contributed by atoms with Gasteiger partial charge < -0.3 is 9.73 Å². The van der Waals surface area contributed by atoms with Crippen LogP contribution in [0.15, 0.2) is 45.3 Å². The van der Waals surface area contributed by atoms with E-state index >= 15 is 0 Å². The minimum absolute atomic E-state index is 0.190. The molecule has 0 spiro atoms. The highest BCUT2D eigenvalue weighted by Crippen LogP contribution is 2.20. The molecular formula is C15H14BrNO2. The zero-order valence-corrected chi connectivity index (χ0v) is 12.3. The van der Waals surface area contributed by atoms with Gasteiger partial charge in [0.2, 0.25) is 5.91 Å². The molecular weight excluding hydrogens is 306 g/mol. The number of amides is 1. The highest BCUT2D eigenvalue weighted by Gasteiger charge is 2.01. The van der Waals surface area contributed by atoms with Crippen LogP contribution >= 0.6 is 15.9 Å². The van der Waals surface area contributed by atoms with Crippen LogP contribution in [-0.2, 0) is 4.79 Å². The Morgan fingerprint density at radius 2 is 2.05 bits per heavy atom. The van der Waals surface area contributed by atoms with Crippen LogP contribution in [0.3, 0.4) is 0 Å². The Morgan fingerprint density at radius 1 is 1.26 bits per heavy atom. The van der Waals surface area contributed by atoms with Gasteiger partial charge in [-0.15, -0.1) is 0 Å². The molecule has 19 heavy (non-hydrogen) atoms. The van der Waals surface area contributed by atoms with Crippen LogP contribution in [0.1, 0.15) is 17.1 Å². The van der Waals surface area contributed by atoms with Crippen molar-refractivity contribution in [3.05, 3.63) is 58.0 Å². The number of furan rings is 1.